The Balaban J connectivity index is 1.78. The molecule has 0 N–H and O–H groups in total. The van der Waals surface area contributed by atoms with E-state index in [1.165, 1.54) is 42.6 Å². The minimum atomic E-state index is 0.681. The van der Waals surface area contributed by atoms with E-state index in [4.69, 9.17) is 4.98 Å². The Morgan fingerprint density at radius 2 is 2.19 bits per heavy atom. The Morgan fingerprint density at radius 3 is 3.10 bits per heavy atom. The quantitative estimate of drug-likeness (QED) is 0.833. The molecule has 3 nitrogen and oxygen atoms in total. The van der Waals surface area contributed by atoms with Crippen LogP contribution < -0.4 is 4.90 Å². The van der Waals surface area contributed by atoms with E-state index in [0.717, 1.165) is 28.9 Å². The lowest BCUT2D eigenvalue weighted by molar-refractivity contribution is 0.421. The molecule has 21 heavy (non-hydrogen) atoms. The first-order valence-electron chi connectivity index (χ1n) is 7.99. The molecule has 5 heteroatoms. The molecule has 1 aliphatic carbocycles. The van der Waals surface area contributed by atoms with Crippen molar-refractivity contribution in [3.63, 3.8) is 0 Å². The fraction of sp³-hybridized carbons (Fsp3) is 0.625. The lowest BCUT2D eigenvalue weighted by atomic mass is 9.93. The SMILES string of the molecule is CCc1nc(N2CCSC3CCCCC32)c2ccsc2n1. The number of hydrogen-bond donors (Lipinski definition) is 0. The number of rotatable bonds is 2. The average Bonchev–Trinajstić information content (AvgIpc) is 3.02. The van der Waals surface area contributed by atoms with Crippen LogP contribution in [0.1, 0.15) is 38.4 Å². The zero-order chi connectivity index (χ0) is 14.2. The maximum Gasteiger partial charge on any atom is 0.141 e. The predicted octanol–water partition coefficient (Wildman–Crippen LogP) is 4.12. The van der Waals surface area contributed by atoms with Gasteiger partial charge in [0, 0.05) is 30.0 Å². The molecule has 0 bridgehead atoms. The van der Waals surface area contributed by atoms with Crippen molar-refractivity contribution in [3.05, 3.63) is 17.3 Å². The van der Waals surface area contributed by atoms with Crippen LogP contribution in [-0.2, 0) is 6.42 Å². The molecule has 2 aromatic heterocycles. The average molecular weight is 319 g/mol. The van der Waals surface area contributed by atoms with Crippen LogP contribution in [0.5, 0.6) is 0 Å². The zero-order valence-corrected chi connectivity index (χ0v) is 14.1. The van der Waals surface area contributed by atoms with Crippen molar-refractivity contribution in [3.8, 4) is 0 Å². The molecule has 0 spiro atoms. The summed E-state index contributed by atoms with van der Waals surface area (Å²) in [4.78, 5) is 13.4. The Labute approximate surface area is 134 Å². The molecule has 2 aliphatic rings. The van der Waals surface area contributed by atoms with Crippen LogP contribution in [0.4, 0.5) is 5.82 Å². The highest BCUT2D eigenvalue weighted by Crippen LogP contribution is 2.39. The number of aryl methyl sites for hydroxylation is 1. The summed E-state index contributed by atoms with van der Waals surface area (Å²) in [6.45, 7) is 3.28. The van der Waals surface area contributed by atoms with Crippen LogP contribution in [0.2, 0.25) is 0 Å². The van der Waals surface area contributed by atoms with Crippen molar-refractivity contribution in [2.24, 2.45) is 0 Å². The highest BCUT2D eigenvalue weighted by molar-refractivity contribution is 8.00. The number of hydrogen-bond acceptors (Lipinski definition) is 5. The Morgan fingerprint density at radius 1 is 1.29 bits per heavy atom. The van der Waals surface area contributed by atoms with Crippen LogP contribution in [-0.4, -0.2) is 33.6 Å². The molecular weight excluding hydrogens is 298 g/mol. The summed E-state index contributed by atoms with van der Waals surface area (Å²) in [5.41, 5.74) is 0. The van der Waals surface area contributed by atoms with Crippen molar-refractivity contribution in [1.82, 2.24) is 9.97 Å². The number of thiophene rings is 1. The Bertz CT molecular complexity index is 637. The second-order valence-corrected chi connectivity index (χ2v) is 8.15. The van der Waals surface area contributed by atoms with E-state index in [1.54, 1.807) is 11.3 Å². The van der Waals surface area contributed by atoms with Crippen molar-refractivity contribution in [2.75, 3.05) is 17.2 Å². The third kappa shape index (κ3) is 2.44. The monoisotopic (exact) mass is 319 g/mol. The molecule has 2 fully saturated rings. The van der Waals surface area contributed by atoms with Gasteiger partial charge in [-0.1, -0.05) is 19.8 Å². The zero-order valence-electron chi connectivity index (χ0n) is 12.4. The van der Waals surface area contributed by atoms with E-state index in [0.29, 0.717) is 6.04 Å². The highest BCUT2D eigenvalue weighted by Gasteiger charge is 2.35. The lowest BCUT2D eigenvalue weighted by Gasteiger charge is -2.44. The molecule has 0 radical (unpaired) electrons. The molecule has 0 amide bonds. The number of nitrogens with zero attached hydrogens (tertiary/aromatic N) is 3. The fourth-order valence-electron chi connectivity index (χ4n) is 3.62. The largest absolute Gasteiger partial charge is 0.351 e. The molecule has 4 rings (SSSR count). The summed E-state index contributed by atoms with van der Waals surface area (Å²) in [5, 5.41) is 4.22. The van der Waals surface area contributed by atoms with E-state index < -0.39 is 0 Å². The van der Waals surface area contributed by atoms with Gasteiger partial charge in [0.15, 0.2) is 0 Å². The maximum absolute atomic E-state index is 4.92. The summed E-state index contributed by atoms with van der Waals surface area (Å²) < 4.78 is 0. The van der Waals surface area contributed by atoms with E-state index in [9.17, 15) is 0 Å². The summed E-state index contributed by atoms with van der Waals surface area (Å²) in [6.07, 6.45) is 6.40. The summed E-state index contributed by atoms with van der Waals surface area (Å²) >= 11 is 3.92. The maximum atomic E-state index is 4.92. The van der Waals surface area contributed by atoms with Crippen molar-refractivity contribution >= 4 is 39.1 Å². The minimum absolute atomic E-state index is 0.681. The van der Waals surface area contributed by atoms with Gasteiger partial charge in [0.1, 0.15) is 16.5 Å². The summed E-state index contributed by atoms with van der Waals surface area (Å²) in [5.74, 6) is 3.43. The van der Waals surface area contributed by atoms with Gasteiger partial charge in [-0.25, -0.2) is 9.97 Å². The van der Waals surface area contributed by atoms with Gasteiger partial charge in [-0.3, -0.25) is 0 Å². The van der Waals surface area contributed by atoms with Gasteiger partial charge < -0.3 is 4.90 Å². The molecule has 1 aliphatic heterocycles. The van der Waals surface area contributed by atoms with Crippen LogP contribution in [0, 0.1) is 0 Å². The number of thioether (sulfide) groups is 1. The van der Waals surface area contributed by atoms with Crippen molar-refractivity contribution < 1.29 is 0 Å². The van der Waals surface area contributed by atoms with Crippen molar-refractivity contribution in [1.29, 1.82) is 0 Å². The molecule has 2 atom stereocenters. The predicted molar refractivity (Wildman–Crippen MR) is 92.6 cm³/mol. The Hall–Kier alpha value is -0.810. The third-order valence-corrected chi connectivity index (χ3v) is 6.87. The topological polar surface area (TPSA) is 29.0 Å². The van der Waals surface area contributed by atoms with Gasteiger partial charge in [-0.05, 0) is 24.3 Å². The van der Waals surface area contributed by atoms with Crippen LogP contribution in [0.25, 0.3) is 10.2 Å². The number of anilines is 1. The second-order valence-electron chi connectivity index (χ2n) is 5.91. The standard InChI is InChI=1S/C16H21N3S2/c1-2-14-17-15(11-7-9-21-16(11)18-14)19-8-10-20-13-6-4-3-5-12(13)19/h7,9,12-13H,2-6,8,10H2,1H3. The molecular formula is C16H21N3S2. The Kier molecular flexibility index (Phi) is 3.79. The van der Waals surface area contributed by atoms with Gasteiger partial charge in [0.2, 0.25) is 0 Å². The molecule has 3 heterocycles. The van der Waals surface area contributed by atoms with Crippen LogP contribution >= 0.6 is 23.1 Å². The molecule has 0 aromatic carbocycles. The number of fused-ring (bicyclic) bond motifs is 2. The molecule has 1 saturated carbocycles. The smallest absolute Gasteiger partial charge is 0.141 e. The van der Waals surface area contributed by atoms with E-state index in [1.807, 2.05) is 0 Å². The molecule has 1 saturated heterocycles. The van der Waals surface area contributed by atoms with Gasteiger partial charge >= 0.3 is 0 Å². The van der Waals surface area contributed by atoms with Crippen molar-refractivity contribution in [2.45, 2.75) is 50.3 Å². The molecule has 2 unspecified atom stereocenters. The van der Waals surface area contributed by atoms with Gasteiger partial charge in [0.25, 0.3) is 0 Å². The first-order valence-corrected chi connectivity index (χ1v) is 9.92. The van der Waals surface area contributed by atoms with E-state index >= 15 is 0 Å². The van der Waals surface area contributed by atoms with Gasteiger partial charge in [-0.2, -0.15) is 11.8 Å². The third-order valence-electron chi connectivity index (χ3n) is 4.67. The fourth-order valence-corrected chi connectivity index (χ4v) is 5.84. The summed E-state index contributed by atoms with van der Waals surface area (Å²) in [6, 6.07) is 2.88. The second kappa shape index (κ2) is 5.76. The normalized spacial score (nSPS) is 26.0. The van der Waals surface area contributed by atoms with Crippen LogP contribution in [0.15, 0.2) is 11.4 Å². The molecule has 112 valence electrons. The molecule has 2 aromatic rings. The minimum Gasteiger partial charge on any atom is -0.351 e. The van der Waals surface area contributed by atoms with Gasteiger partial charge in [-0.15, -0.1) is 11.3 Å². The number of aromatic nitrogens is 2. The first-order chi connectivity index (χ1) is 10.4. The first kappa shape index (κ1) is 13.8. The summed E-state index contributed by atoms with van der Waals surface area (Å²) in [7, 11) is 0. The van der Waals surface area contributed by atoms with E-state index in [2.05, 4.69) is 40.0 Å². The van der Waals surface area contributed by atoms with Crippen LogP contribution in [0.3, 0.4) is 0 Å². The van der Waals surface area contributed by atoms with Gasteiger partial charge in [0.05, 0.1) is 5.39 Å². The highest BCUT2D eigenvalue weighted by atomic mass is 32.2. The van der Waals surface area contributed by atoms with E-state index in [-0.39, 0.29) is 0 Å². The lowest BCUT2D eigenvalue weighted by Crippen LogP contribution is -2.49.